The summed E-state index contributed by atoms with van der Waals surface area (Å²) in [6, 6.07) is 8.56. The van der Waals surface area contributed by atoms with Crippen LogP contribution < -0.4 is 14.8 Å². The maximum atomic E-state index is 12.2. The monoisotopic (exact) mass is 404 g/mol. The summed E-state index contributed by atoms with van der Waals surface area (Å²) in [6.07, 6.45) is 8.71. The molecule has 1 unspecified atom stereocenters. The van der Waals surface area contributed by atoms with Gasteiger partial charge in [0, 0.05) is 30.3 Å². The van der Waals surface area contributed by atoms with Crippen LogP contribution >= 0.6 is 0 Å². The first-order chi connectivity index (χ1) is 14.6. The van der Waals surface area contributed by atoms with E-state index in [0.29, 0.717) is 17.9 Å². The molecule has 0 saturated carbocycles. The predicted octanol–water partition coefficient (Wildman–Crippen LogP) is 4.20. The van der Waals surface area contributed by atoms with Crippen LogP contribution in [0.3, 0.4) is 0 Å². The van der Waals surface area contributed by atoms with Gasteiger partial charge in [-0.25, -0.2) is 0 Å². The van der Waals surface area contributed by atoms with Crippen LogP contribution in [0.15, 0.2) is 24.3 Å². The Balaban J connectivity index is 1.91. The lowest BCUT2D eigenvalue weighted by Crippen LogP contribution is -2.35. The van der Waals surface area contributed by atoms with Crippen molar-refractivity contribution in [2.75, 3.05) is 32.6 Å². The van der Waals surface area contributed by atoms with E-state index in [1.165, 1.54) is 16.7 Å². The van der Waals surface area contributed by atoms with Crippen molar-refractivity contribution in [3.8, 4) is 35.0 Å². The maximum Gasteiger partial charge on any atom is 0.224 e. The number of rotatable bonds is 6. The van der Waals surface area contributed by atoms with E-state index in [0.717, 1.165) is 42.6 Å². The third-order valence-corrected chi connectivity index (χ3v) is 6.04. The summed E-state index contributed by atoms with van der Waals surface area (Å²) in [7, 11) is 3.84. The van der Waals surface area contributed by atoms with Crippen LogP contribution in [0.4, 0.5) is 5.69 Å². The number of methoxy groups -OCH3 is 1. The third kappa shape index (κ3) is 3.53. The number of benzene rings is 2. The van der Waals surface area contributed by atoms with E-state index in [-0.39, 0.29) is 18.6 Å². The number of nitrogens with zero attached hydrogens (tertiary/aromatic N) is 1. The molecule has 1 atom stereocenters. The molecule has 1 aliphatic heterocycles. The van der Waals surface area contributed by atoms with Crippen LogP contribution in [0.25, 0.3) is 11.1 Å². The van der Waals surface area contributed by atoms with Crippen molar-refractivity contribution in [1.82, 2.24) is 4.90 Å². The first-order valence-corrected chi connectivity index (χ1v) is 10.5. The van der Waals surface area contributed by atoms with Crippen LogP contribution in [-0.2, 0) is 17.6 Å². The predicted molar refractivity (Wildman–Crippen MR) is 119 cm³/mol. The molecule has 2 aromatic rings. The van der Waals surface area contributed by atoms with E-state index in [1.54, 1.807) is 7.11 Å². The van der Waals surface area contributed by atoms with Gasteiger partial charge in [-0.2, -0.15) is 0 Å². The molecule has 0 saturated heterocycles. The van der Waals surface area contributed by atoms with Gasteiger partial charge < -0.3 is 14.8 Å². The normalized spacial score (nSPS) is 16.8. The summed E-state index contributed by atoms with van der Waals surface area (Å²) in [4.78, 5) is 14.6. The number of anilines is 1. The summed E-state index contributed by atoms with van der Waals surface area (Å²) in [6.45, 7) is 3.18. The Labute approximate surface area is 178 Å². The summed E-state index contributed by atoms with van der Waals surface area (Å²) >= 11 is 0. The fourth-order valence-electron chi connectivity index (χ4n) is 4.63. The summed E-state index contributed by atoms with van der Waals surface area (Å²) in [5.74, 6) is 3.99. The van der Waals surface area contributed by atoms with Crippen molar-refractivity contribution in [2.45, 2.75) is 38.6 Å². The largest absolute Gasteiger partial charge is 0.493 e. The van der Waals surface area contributed by atoms with Gasteiger partial charge in [0.05, 0.1) is 7.11 Å². The van der Waals surface area contributed by atoms with Crippen molar-refractivity contribution in [3.05, 3.63) is 41.0 Å². The highest BCUT2D eigenvalue weighted by molar-refractivity contribution is 5.93. The molecule has 1 aliphatic carbocycles. The number of hydrogen-bond donors (Lipinski definition) is 1. The minimum atomic E-state index is 0.0299. The Morgan fingerprint density at radius 2 is 2.17 bits per heavy atom. The number of fused-ring (bicyclic) bond motifs is 2. The molecule has 5 heteroatoms. The Bertz CT molecular complexity index is 1020. The van der Waals surface area contributed by atoms with Crippen molar-refractivity contribution in [1.29, 1.82) is 0 Å². The molecule has 0 fully saturated rings. The highest BCUT2D eigenvalue weighted by atomic mass is 16.5. The van der Waals surface area contributed by atoms with Gasteiger partial charge in [-0.1, -0.05) is 18.9 Å². The molecule has 1 amide bonds. The van der Waals surface area contributed by atoms with Gasteiger partial charge in [0.25, 0.3) is 0 Å². The van der Waals surface area contributed by atoms with Gasteiger partial charge in [0.2, 0.25) is 5.91 Å². The number of likely N-dealkylation sites (N-methyl/N-ethyl adjacent to an activating group) is 1. The van der Waals surface area contributed by atoms with Gasteiger partial charge in [-0.15, -0.1) is 6.42 Å². The zero-order valence-corrected chi connectivity index (χ0v) is 17.9. The molecule has 4 rings (SSSR count). The number of ether oxygens (including phenoxy) is 2. The molecule has 156 valence electrons. The Hall–Kier alpha value is -2.97. The second-order valence-electron chi connectivity index (χ2n) is 7.97. The molecule has 2 aliphatic rings. The van der Waals surface area contributed by atoms with Crippen LogP contribution in [-0.4, -0.2) is 38.1 Å². The van der Waals surface area contributed by atoms with E-state index in [1.807, 2.05) is 13.0 Å². The van der Waals surface area contributed by atoms with Gasteiger partial charge in [0.1, 0.15) is 6.61 Å². The highest BCUT2D eigenvalue weighted by Gasteiger charge is 2.36. The fraction of sp³-hybridized carbons (Fsp3) is 0.400. The summed E-state index contributed by atoms with van der Waals surface area (Å²) in [5.41, 5.74) is 6.75. The summed E-state index contributed by atoms with van der Waals surface area (Å²) < 4.78 is 11.7. The molecular weight excluding hydrogens is 376 g/mol. The lowest BCUT2D eigenvalue weighted by Gasteiger charge is -2.40. The molecule has 30 heavy (non-hydrogen) atoms. The molecule has 1 heterocycles. The Morgan fingerprint density at radius 3 is 2.90 bits per heavy atom. The van der Waals surface area contributed by atoms with E-state index in [9.17, 15) is 4.79 Å². The topological polar surface area (TPSA) is 50.8 Å². The van der Waals surface area contributed by atoms with Crippen molar-refractivity contribution in [3.63, 3.8) is 0 Å². The quantitative estimate of drug-likeness (QED) is 0.734. The Morgan fingerprint density at radius 1 is 1.33 bits per heavy atom. The average molecular weight is 405 g/mol. The highest BCUT2D eigenvalue weighted by Crippen LogP contribution is 2.52. The van der Waals surface area contributed by atoms with Gasteiger partial charge in [-0.05, 0) is 66.8 Å². The van der Waals surface area contributed by atoms with Crippen LogP contribution in [0.2, 0.25) is 0 Å². The molecule has 5 nitrogen and oxygen atoms in total. The summed E-state index contributed by atoms with van der Waals surface area (Å²) in [5, 5.41) is 3.02. The van der Waals surface area contributed by atoms with Crippen molar-refractivity contribution in [2.24, 2.45) is 0 Å². The minimum Gasteiger partial charge on any atom is -0.493 e. The maximum absolute atomic E-state index is 12.2. The van der Waals surface area contributed by atoms with Crippen LogP contribution in [0, 0.1) is 12.3 Å². The molecule has 0 aromatic heterocycles. The lowest BCUT2D eigenvalue weighted by molar-refractivity contribution is -0.116. The third-order valence-electron chi connectivity index (χ3n) is 6.04. The van der Waals surface area contributed by atoms with Crippen LogP contribution in [0.1, 0.15) is 42.5 Å². The van der Waals surface area contributed by atoms with Crippen molar-refractivity contribution >= 4 is 11.6 Å². The Kier molecular flexibility index (Phi) is 5.69. The number of carbonyl (C=O) groups is 1. The second-order valence-corrected chi connectivity index (χ2v) is 7.97. The van der Waals surface area contributed by atoms with Gasteiger partial charge >= 0.3 is 0 Å². The SMILES string of the molecule is C#CCOc1c(OC)cc2c3c1-c1cc(NC(=O)CCC)ccc1CC3N(C)CC2. The van der Waals surface area contributed by atoms with Gasteiger partial charge in [0.15, 0.2) is 11.5 Å². The number of carbonyl (C=O) groups excluding carboxylic acids is 1. The molecule has 0 bridgehead atoms. The molecule has 0 radical (unpaired) electrons. The van der Waals surface area contributed by atoms with Crippen molar-refractivity contribution < 1.29 is 14.3 Å². The first-order valence-electron chi connectivity index (χ1n) is 10.5. The van der Waals surface area contributed by atoms with E-state index >= 15 is 0 Å². The molecule has 2 aromatic carbocycles. The molecule has 1 N–H and O–H groups in total. The fourth-order valence-corrected chi connectivity index (χ4v) is 4.63. The molecule has 0 spiro atoms. The number of hydrogen-bond acceptors (Lipinski definition) is 4. The number of terminal acetylenes is 1. The zero-order chi connectivity index (χ0) is 21.3. The lowest BCUT2D eigenvalue weighted by atomic mass is 9.76. The van der Waals surface area contributed by atoms with Crippen LogP contribution in [0.5, 0.6) is 11.5 Å². The van der Waals surface area contributed by atoms with E-state index < -0.39 is 0 Å². The second kappa shape index (κ2) is 8.41. The minimum absolute atomic E-state index is 0.0299. The van der Waals surface area contributed by atoms with E-state index in [2.05, 4.69) is 41.4 Å². The number of nitrogens with one attached hydrogen (secondary N) is 1. The standard InChI is InChI=1S/C25H28N2O3/c1-5-7-22(28)26-18-9-8-16-13-20-23-17(10-11-27(20)3)14-21(29-4)25(30-12-6-2)24(23)19(16)15-18/h2,8-9,14-15,20H,5,7,10-13H2,1,3-4H3,(H,26,28). The first kappa shape index (κ1) is 20.3. The number of amides is 1. The van der Waals surface area contributed by atoms with Gasteiger partial charge in [-0.3, -0.25) is 9.69 Å². The average Bonchev–Trinajstić information content (AvgIpc) is 2.74. The zero-order valence-electron chi connectivity index (χ0n) is 17.9. The smallest absolute Gasteiger partial charge is 0.224 e. The van der Waals surface area contributed by atoms with E-state index in [4.69, 9.17) is 15.9 Å². The molecular formula is C25H28N2O3.